The van der Waals surface area contributed by atoms with Crippen LogP contribution < -0.4 is 5.43 Å². The van der Waals surface area contributed by atoms with Gasteiger partial charge in [-0.05, 0) is 43.2 Å². The van der Waals surface area contributed by atoms with Crippen molar-refractivity contribution in [2.75, 3.05) is 0 Å². The number of aromatic nitrogens is 1. The Labute approximate surface area is 147 Å². The fourth-order valence-corrected chi connectivity index (χ4v) is 3.17. The number of carboxylic acids is 1. The van der Waals surface area contributed by atoms with Gasteiger partial charge in [0.15, 0.2) is 0 Å². The van der Waals surface area contributed by atoms with E-state index in [1.807, 2.05) is 42.7 Å². The zero-order valence-electron chi connectivity index (χ0n) is 13.3. The Bertz CT molecular complexity index is 1020. The van der Waals surface area contributed by atoms with E-state index >= 15 is 0 Å². The number of halogens is 1. The van der Waals surface area contributed by atoms with Gasteiger partial charge in [0.2, 0.25) is 5.43 Å². The van der Waals surface area contributed by atoms with Gasteiger partial charge in [-0.3, -0.25) is 4.79 Å². The van der Waals surface area contributed by atoms with Gasteiger partial charge in [0.25, 0.3) is 0 Å². The minimum atomic E-state index is -1.21. The second kappa shape index (κ2) is 6.24. The van der Waals surface area contributed by atoms with Crippen LogP contribution in [0.25, 0.3) is 10.9 Å². The molecule has 5 heteroatoms. The average Bonchev–Trinajstić information content (AvgIpc) is 2.53. The molecule has 24 heavy (non-hydrogen) atoms. The molecule has 2 aromatic carbocycles. The molecule has 122 valence electrons. The third-order valence-electron chi connectivity index (χ3n) is 4.12. The second-order valence-corrected chi connectivity index (χ2v) is 6.81. The molecular weight excluding hydrogens is 370 g/mol. The number of hydrogen-bond donors (Lipinski definition) is 1. The largest absolute Gasteiger partial charge is 0.477 e. The Morgan fingerprint density at radius 3 is 2.62 bits per heavy atom. The van der Waals surface area contributed by atoms with Gasteiger partial charge in [-0.2, -0.15) is 0 Å². The Morgan fingerprint density at radius 2 is 1.92 bits per heavy atom. The van der Waals surface area contributed by atoms with Crippen molar-refractivity contribution in [3.05, 3.63) is 79.5 Å². The van der Waals surface area contributed by atoms with Gasteiger partial charge in [-0.1, -0.05) is 39.7 Å². The molecule has 0 saturated heterocycles. The first-order valence-corrected chi connectivity index (χ1v) is 8.28. The SMILES string of the molecule is Cc1ccc(C)c(Cn2cc(C(=O)O)c(=O)c3cc(Br)ccc32)c1. The summed E-state index contributed by atoms with van der Waals surface area (Å²) >= 11 is 3.35. The van der Waals surface area contributed by atoms with Crippen molar-refractivity contribution in [1.29, 1.82) is 0 Å². The van der Waals surface area contributed by atoms with E-state index in [0.717, 1.165) is 21.2 Å². The number of nitrogens with zero attached hydrogens (tertiary/aromatic N) is 1. The first-order valence-electron chi connectivity index (χ1n) is 7.49. The van der Waals surface area contributed by atoms with Crippen LogP contribution in [0.2, 0.25) is 0 Å². The summed E-state index contributed by atoms with van der Waals surface area (Å²) in [6.07, 6.45) is 1.43. The highest BCUT2D eigenvalue weighted by Crippen LogP contribution is 2.20. The summed E-state index contributed by atoms with van der Waals surface area (Å²) in [6, 6.07) is 11.5. The lowest BCUT2D eigenvalue weighted by Gasteiger charge is -2.15. The Morgan fingerprint density at radius 1 is 1.17 bits per heavy atom. The van der Waals surface area contributed by atoms with E-state index in [0.29, 0.717) is 17.4 Å². The number of fused-ring (bicyclic) bond motifs is 1. The summed E-state index contributed by atoms with van der Waals surface area (Å²) in [6.45, 7) is 4.55. The van der Waals surface area contributed by atoms with Crippen molar-refractivity contribution in [2.24, 2.45) is 0 Å². The smallest absolute Gasteiger partial charge is 0.341 e. The highest BCUT2D eigenvalue weighted by Gasteiger charge is 2.15. The summed E-state index contributed by atoms with van der Waals surface area (Å²) < 4.78 is 2.57. The molecule has 3 rings (SSSR count). The van der Waals surface area contributed by atoms with Crippen molar-refractivity contribution < 1.29 is 9.90 Å². The third-order valence-corrected chi connectivity index (χ3v) is 4.61. The number of carbonyl (C=O) groups is 1. The van der Waals surface area contributed by atoms with Crippen molar-refractivity contribution >= 4 is 32.8 Å². The van der Waals surface area contributed by atoms with Crippen molar-refractivity contribution in [1.82, 2.24) is 4.57 Å². The average molecular weight is 386 g/mol. The summed E-state index contributed by atoms with van der Waals surface area (Å²) in [4.78, 5) is 23.9. The molecule has 0 spiro atoms. The maximum atomic E-state index is 12.4. The fourth-order valence-electron chi connectivity index (χ4n) is 2.81. The van der Waals surface area contributed by atoms with Gasteiger partial charge in [0.05, 0.1) is 5.52 Å². The summed E-state index contributed by atoms with van der Waals surface area (Å²) in [5.74, 6) is -1.21. The van der Waals surface area contributed by atoms with Crippen LogP contribution >= 0.6 is 15.9 Å². The molecule has 0 saturated carbocycles. The fraction of sp³-hybridized carbons (Fsp3) is 0.158. The zero-order valence-corrected chi connectivity index (χ0v) is 14.9. The van der Waals surface area contributed by atoms with Gasteiger partial charge in [-0.25, -0.2) is 4.79 Å². The molecule has 0 unspecified atom stereocenters. The number of rotatable bonds is 3. The predicted octanol–water partition coefficient (Wildman–Crippen LogP) is 4.13. The lowest BCUT2D eigenvalue weighted by molar-refractivity contribution is 0.0695. The van der Waals surface area contributed by atoms with Gasteiger partial charge >= 0.3 is 5.97 Å². The van der Waals surface area contributed by atoms with E-state index in [9.17, 15) is 14.7 Å². The van der Waals surface area contributed by atoms with Crippen molar-refractivity contribution in [3.8, 4) is 0 Å². The highest BCUT2D eigenvalue weighted by atomic mass is 79.9. The summed E-state index contributed by atoms with van der Waals surface area (Å²) in [5.41, 5.74) is 3.40. The Kier molecular flexibility index (Phi) is 4.28. The number of aryl methyl sites for hydroxylation is 2. The summed E-state index contributed by atoms with van der Waals surface area (Å²) in [5, 5.41) is 9.76. The van der Waals surface area contributed by atoms with Gasteiger partial charge < -0.3 is 9.67 Å². The quantitative estimate of drug-likeness (QED) is 0.737. The maximum absolute atomic E-state index is 12.4. The first-order chi connectivity index (χ1) is 11.4. The van der Waals surface area contributed by atoms with E-state index in [2.05, 4.69) is 22.0 Å². The zero-order chi connectivity index (χ0) is 17.4. The standard InChI is InChI=1S/C19H16BrNO3/c1-11-3-4-12(2)13(7-11)9-21-10-16(19(23)24)18(22)15-8-14(20)5-6-17(15)21/h3-8,10H,9H2,1-2H3,(H,23,24). The maximum Gasteiger partial charge on any atom is 0.341 e. The molecule has 3 aromatic rings. The van der Waals surface area contributed by atoms with Crippen LogP contribution in [-0.2, 0) is 6.54 Å². The molecule has 0 bridgehead atoms. The lowest BCUT2D eigenvalue weighted by atomic mass is 10.0. The first kappa shape index (κ1) is 16.5. The number of carboxylic acid groups (broad SMARTS) is 1. The third kappa shape index (κ3) is 2.99. The summed E-state index contributed by atoms with van der Waals surface area (Å²) in [7, 11) is 0. The molecule has 1 N–H and O–H groups in total. The second-order valence-electron chi connectivity index (χ2n) is 5.90. The predicted molar refractivity (Wildman–Crippen MR) is 97.9 cm³/mol. The number of hydrogen-bond acceptors (Lipinski definition) is 2. The van der Waals surface area contributed by atoms with Crippen LogP contribution in [0.15, 0.2) is 51.9 Å². The van der Waals surface area contributed by atoms with Crippen molar-refractivity contribution in [3.63, 3.8) is 0 Å². The van der Waals surface area contributed by atoms with Gasteiger partial charge in [-0.15, -0.1) is 0 Å². The van der Waals surface area contributed by atoms with Crippen LogP contribution in [0.3, 0.4) is 0 Å². The number of aromatic carboxylic acids is 1. The van der Waals surface area contributed by atoms with Crippen LogP contribution in [0.4, 0.5) is 0 Å². The van der Waals surface area contributed by atoms with Crippen LogP contribution in [0, 0.1) is 13.8 Å². The van der Waals surface area contributed by atoms with E-state index in [4.69, 9.17) is 0 Å². The van der Waals surface area contributed by atoms with E-state index in [1.54, 1.807) is 6.07 Å². The molecule has 0 radical (unpaired) electrons. The molecule has 1 heterocycles. The topological polar surface area (TPSA) is 59.3 Å². The number of benzene rings is 2. The lowest BCUT2D eigenvalue weighted by Crippen LogP contribution is -2.19. The monoisotopic (exact) mass is 385 g/mol. The minimum absolute atomic E-state index is 0.217. The molecule has 4 nitrogen and oxygen atoms in total. The molecule has 0 aliphatic heterocycles. The Hall–Kier alpha value is -2.40. The van der Waals surface area contributed by atoms with E-state index < -0.39 is 11.4 Å². The Balaban J connectivity index is 2.27. The molecule has 1 aromatic heterocycles. The molecule has 0 amide bonds. The van der Waals surface area contributed by atoms with Crippen LogP contribution in [0.5, 0.6) is 0 Å². The van der Waals surface area contributed by atoms with Gasteiger partial charge in [0, 0.05) is 22.6 Å². The molecule has 0 fully saturated rings. The molecular formula is C19H16BrNO3. The normalized spacial score (nSPS) is 11.0. The highest BCUT2D eigenvalue weighted by molar-refractivity contribution is 9.10. The number of pyridine rings is 1. The van der Waals surface area contributed by atoms with Crippen LogP contribution in [-0.4, -0.2) is 15.6 Å². The van der Waals surface area contributed by atoms with E-state index in [1.165, 1.54) is 6.20 Å². The minimum Gasteiger partial charge on any atom is -0.477 e. The van der Waals surface area contributed by atoms with Gasteiger partial charge in [0.1, 0.15) is 5.56 Å². The van der Waals surface area contributed by atoms with Crippen molar-refractivity contribution in [2.45, 2.75) is 20.4 Å². The molecule has 0 aliphatic rings. The van der Waals surface area contributed by atoms with Crippen LogP contribution in [0.1, 0.15) is 27.0 Å². The molecule has 0 atom stereocenters. The van der Waals surface area contributed by atoms with E-state index in [-0.39, 0.29) is 5.56 Å². The molecule has 0 aliphatic carbocycles.